The third-order valence-electron chi connectivity index (χ3n) is 3.95. The Morgan fingerprint density at radius 3 is 2.40 bits per heavy atom. The Morgan fingerprint density at radius 1 is 0.880 bits per heavy atom. The molecule has 2 aromatic carbocycles. The third kappa shape index (κ3) is 3.04. The van der Waals surface area contributed by atoms with Crippen molar-refractivity contribution in [3.63, 3.8) is 0 Å². The van der Waals surface area contributed by atoms with Gasteiger partial charge in [-0.2, -0.15) is 0 Å². The molecule has 2 aromatic heterocycles. The summed E-state index contributed by atoms with van der Waals surface area (Å²) < 4.78 is 1.97. The van der Waals surface area contributed by atoms with Crippen LogP contribution >= 0.6 is 11.6 Å². The second-order valence-electron chi connectivity index (χ2n) is 5.71. The number of fused-ring (bicyclic) bond motifs is 1. The van der Waals surface area contributed by atoms with Gasteiger partial charge in [0.2, 0.25) is 0 Å². The van der Waals surface area contributed by atoms with Crippen molar-refractivity contribution in [3.05, 3.63) is 83.5 Å². The molecule has 0 aliphatic carbocycles. The van der Waals surface area contributed by atoms with E-state index in [0.717, 1.165) is 28.2 Å². The second-order valence-corrected chi connectivity index (χ2v) is 6.15. The van der Waals surface area contributed by atoms with Crippen LogP contribution in [0.3, 0.4) is 0 Å². The van der Waals surface area contributed by atoms with E-state index in [2.05, 4.69) is 10.2 Å². The highest BCUT2D eigenvalue weighted by Gasteiger charge is 2.14. The standard InChI is InChI=1S/C20H15ClN4/c1-14-6-5-13-25-19(14)22-18(15-7-3-2-4-8-15)20(25)24-23-17-11-9-16(21)10-12-17/h2-13H,1H3. The molecule has 0 fully saturated rings. The van der Waals surface area contributed by atoms with Gasteiger partial charge in [-0.3, -0.25) is 4.40 Å². The lowest BCUT2D eigenvalue weighted by Gasteiger charge is -2.00. The molecule has 0 N–H and O–H groups in total. The number of rotatable bonds is 3. The number of aromatic nitrogens is 2. The van der Waals surface area contributed by atoms with E-state index in [0.29, 0.717) is 10.8 Å². The number of azo groups is 1. The molecular weight excluding hydrogens is 332 g/mol. The summed E-state index contributed by atoms with van der Waals surface area (Å²) in [6, 6.07) is 21.3. The summed E-state index contributed by atoms with van der Waals surface area (Å²) in [5.74, 6) is 0.708. The van der Waals surface area contributed by atoms with Gasteiger partial charge in [-0.15, -0.1) is 10.2 Å². The molecule has 0 atom stereocenters. The molecule has 25 heavy (non-hydrogen) atoms. The van der Waals surface area contributed by atoms with Crippen molar-refractivity contribution in [2.24, 2.45) is 10.2 Å². The first kappa shape index (κ1) is 15.5. The van der Waals surface area contributed by atoms with Crippen molar-refractivity contribution < 1.29 is 0 Å². The van der Waals surface area contributed by atoms with E-state index in [1.807, 2.05) is 72.1 Å². The first-order valence-electron chi connectivity index (χ1n) is 7.93. The van der Waals surface area contributed by atoms with Gasteiger partial charge in [-0.25, -0.2) is 4.98 Å². The van der Waals surface area contributed by atoms with Crippen LogP contribution in [0.25, 0.3) is 16.9 Å². The number of benzene rings is 2. The van der Waals surface area contributed by atoms with Gasteiger partial charge in [0.1, 0.15) is 11.3 Å². The molecule has 0 aliphatic rings. The number of halogens is 1. The van der Waals surface area contributed by atoms with Crippen LogP contribution in [-0.2, 0) is 0 Å². The normalized spacial score (nSPS) is 11.4. The van der Waals surface area contributed by atoms with Crippen molar-refractivity contribution in [2.75, 3.05) is 0 Å². The largest absolute Gasteiger partial charge is 0.282 e. The molecule has 0 spiro atoms. The Morgan fingerprint density at radius 2 is 1.64 bits per heavy atom. The van der Waals surface area contributed by atoms with Crippen molar-refractivity contribution in [2.45, 2.75) is 6.92 Å². The van der Waals surface area contributed by atoms with Crippen molar-refractivity contribution >= 4 is 28.8 Å². The maximum absolute atomic E-state index is 5.93. The topological polar surface area (TPSA) is 42.0 Å². The molecular formula is C20H15ClN4. The lowest BCUT2D eigenvalue weighted by atomic mass is 10.1. The number of imidazole rings is 1. The molecule has 4 nitrogen and oxygen atoms in total. The highest BCUT2D eigenvalue weighted by molar-refractivity contribution is 6.30. The summed E-state index contributed by atoms with van der Waals surface area (Å²) in [4.78, 5) is 4.80. The minimum atomic E-state index is 0.675. The Bertz CT molecular complexity index is 1050. The Kier molecular flexibility index (Phi) is 4.04. The van der Waals surface area contributed by atoms with Gasteiger partial charge >= 0.3 is 0 Å². The van der Waals surface area contributed by atoms with Gasteiger partial charge in [0.15, 0.2) is 5.82 Å². The van der Waals surface area contributed by atoms with Crippen LogP contribution in [-0.4, -0.2) is 9.38 Å². The number of hydrogen-bond donors (Lipinski definition) is 0. The molecule has 0 amide bonds. The quantitative estimate of drug-likeness (QED) is 0.397. The van der Waals surface area contributed by atoms with Crippen molar-refractivity contribution in [1.29, 1.82) is 0 Å². The molecule has 2 heterocycles. The Hall–Kier alpha value is -2.98. The summed E-state index contributed by atoms with van der Waals surface area (Å²) in [6.07, 6.45) is 1.96. The summed E-state index contributed by atoms with van der Waals surface area (Å²) >= 11 is 5.93. The van der Waals surface area contributed by atoms with Gasteiger partial charge in [0, 0.05) is 16.8 Å². The maximum atomic E-state index is 5.93. The monoisotopic (exact) mass is 346 g/mol. The van der Waals surface area contributed by atoms with Crippen LogP contribution in [0.1, 0.15) is 5.56 Å². The number of nitrogens with zero attached hydrogens (tertiary/aromatic N) is 4. The molecule has 0 unspecified atom stereocenters. The molecule has 5 heteroatoms. The fraction of sp³-hybridized carbons (Fsp3) is 0.0500. The molecule has 0 aliphatic heterocycles. The van der Waals surface area contributed by atoms with Crippen LogP contribution in [0, 0.1) is 6.92 Å². The maximum Gasteiger partial charge on any atom is 0.187 e. The van der Waals surface area contributed by atoms with Crippen LogP contribution in [0.5, 0.6) is 0 Å². The zero-order chi connectivity index (χ0) is 17.2. The highest BCUT2D eigenvalue weighted by atomic mass is 35.5. The summed E-state index contributed by atoms with van der Waals surface area (Å²) in [5.41, 5.74) is 4.54. The first-order chi connectivity index (χ1) is 12.2. The lowest BCUT2D eigenvalue weighted by Crippen LogP contribution is -1.85. The molecule has 0 saturated heterocycles. The molecule has 122 valence electrons. The van der Waals surface area contributed by atoms with Crippen LogP contribution in [0.2, 0.25) is 5.02 Å². The van der Waals surface area contributed by atoms with E-state index < -0.39 is 0 Å². The van der Waals surface area contributed by atoms with E-state index in [9.17, 15) is 0 Å². The van der Waals surface area contributed by atoms with Crippen LogP contribution in [0.15, 0.2) is 83.2 Å². The van der Waals surface area contributed by atoms with E-state index in [1.54, 1.807) is 12.1 Å². The lowest BCUT2D eigenvalue weighted by molar-refractivity contribution is 1.10. The summed E-state index contributed by atoms with van der Waals surface area (Å²) in [7, 11) is 0. The fourth-order valence-electron chi connectivity index (χ4n) is 2.69. The number of aryl methyl sites for hydroxylation is 1. The van der Waals surface area contributed by atoms with E-state index in [1.165, 1.54) is 0 Å². The van der Waals surface area contributed by atoms with Gasteiger partial charge < -0.3 is 0 Å². The SMILES string of the molecule is Cc1cccn2c(N=Nc3ccc(Cl)cc3)c(-c3ccccc3)nc12. The Labute approximate surface area is 150 Å². The van der Waals surface area contributed by atoms with Gasteiger partial charge in [-0.1, -0.05) is 48.0 Å². The molecule has 4 rings (SSSR count). The highest BCUT2D eigenvalue weighted by Crippen LogP contribution is 2.33. The van der Waals surface area contributed by atoms with E-state index in [4.69, 9.17) is 16.6 Å². The molecule has 0 radical (unpaired) electrons. The summed E-state index contributed by atoms with van der Waals surface area (Å²) in [6.45, 7) is 2.04. The average Bonchev–Trinajstić information content (AvgIpc) is 3.02. The minimum Gasteiger partial charge on any atom is -0.282 e. The predicted molar refractivity (Wildman–Crippen MR) is 101 cm³/mol. The third-order valence-corrected chi connectivity index (χ3v) is 4.21. The molecule has 0 bridgehead atoms. The van der Waals surface area contributed by atoms with Gasteiger partial charge in [0.05, 0.1) is 5.69 Å². The van der Waals surface area contributed by atoms with E-state index >= 15 is 0 Å². The Balaban J connectivity index is 1.88. The van der Waals surface area contributed by atoms with Crippen molar-refractivity contribution in [3.8, 4) is 11.3 Å². The van der Waals surface area contributed by atoms with Gasteiger partial charge in [0.25, 0.3) is 0 Å². The minimum absolute atomic E-state index is 0.675. The van der Waals surface area contributed by atoms with Gasteiger partial charge in [-0.05, 0) is 42.8 Å². The van der Waals surface area contributed by atoms with Crippen LogP contribution < -0.4 is 0 Å². The predicted octanol–water partition coefficient (Wildman–Crippen LogP) is 6.38. The first-order valence-corrected chi connectivity index (χ1v) is 8.30. The van der Waals surface area contributed by atoms with Crippen LogP contribution in [0.4, 0.5) is 11.5 Å². The zero-order valence-corrected chi connectivity index (χ0v) is 14.4. The number of hydrogen-bond acceptors (Lipinski definition) is 3. The number of pyridine rings is 1. The van der Waals surface area contributed by atoms with Crippen molar-refractivity contribution in [1.82, 2.24) is 9.38 Å². The van der Waals surface area contributed by atoms with E-state index in [-0.39, 0.29) is 0 Å². The fourth-order valence-corrected chi connectivity index (χ4v) is 2.82. The average molecular weight is 347 g/mol. The molecule has 0 saturated carbocycles. The molecule has 4 aromatic rings. The summed E-state index contributed by atoms with van der Waals surface area (Å²) in [5, 5.41) is 9.53. The smallest absolute Gasteiger partial charge is 0.187 e. The second kappa shape index (κ2) is 6.49. The zero-order valence-electron chi connectivity index (χ0n) is 13.6.